The summed E-state index contributed by atoms with van der Waals surface area (Å²) in [5.41, 5.74) is 2.34. The number of carbonyl (C=O) groups excluding carboxylic acids is 2. The first-order valence-electron chi connectivity index (χ1n) is 16.8. The molecule has 2 aliphatic heterocycles. The number of anilines is 1. The summed E-state index contributed by atoms with van der Waals surface area (Å²) >= 11 is 2.42. The molecular weight excluding hydrogens is 735 g/mol. The van der Waals surface area contributed by atoms with E-state index in [4.69, 9.17) is 0 Å². The number of oxime groups is 1. The molecule has 1 fully saturated rings. The number of nitrogens with one attached hydrogen (secondary N) is 2. The van der Waals surface area contributed by atoms with Crippen LogP contribution in [0.3, 0.4) is 0 Å². The lowest BCUT2D eigenvalue weighted by atomic mass is 9.77. The highest BCUT2D eigenvalue weighted by molar-refractivity contribution is 8.00. The first kappa shape index (κ1) is 36.4. The molecular formula is C39H33F2N6O5S2+. The molecule has 2 aliphatic rings. The molecule has 54 heavy (non-hydrogen) atoms. The molecule has 1 unspecified atom stereocenters. The number of amides is 2. The highest BCUT2D eigenvalue weighted by Gasteiger charge is 2.55. The number of aryl methyl sites for hydroxylation is 1. The zero-order chi connectivity index (χ0) is 37.8. The molecule has 5 aromatic rings. The van der Waals surface area contributed by atoms with E-state index in [-0.39, 0.29) is 23.7 Å². The second-order valence-electron chi connectivity index (χ2n) is 12.4. The van der Waals surface area contributed by atoms with Crippen molar-refractivity contribution in [1.82, 2.24) is 15.2 Å². The number of nitrogens with zero attached hydrogens (tertiary/aromatic N) is 4. The molecule has 3 aromatic carbocycles. The highest BCUT2D eigenvalue weighted by atomic mass is 32.2. The molecule has 15 heteroatoms. The zero-order valence-corrected chi connectivity index (χ0v) is 30.3. The Morgan fingerprint density at radius 1 is 0.981 bits per heavy atom. The summed E-state index contributed by atoms with van der Waals surface area (Å²) in [7, 11) is 0. The van der Waals surface area contributed by atoms with Crippen molar-refractivity contribution in [2.75, 3.05) is 11.1 Å². The van der Waals surface area contributed by atoms with Crippen molar-refractivity contribution in [3.05, 3.63) is 160 Å². The van der Waals surface area contributed by atoms with Gasteiger partial charge in [0.25, 0.3) is 11.8 Å². The van der Waals surface area contributed by atoms with Gasteiger partial charge in [0.1, 0.15) is 28.3 Å². The summed E-state index contributed by atoms with van der Waals surface area (Å²) < 4.78 is 28.5. The Labute approximate surface area is 317 Å². The van der Waals surface area contributed by atoms with Gasteiger partial charge in [0.15, 0.2) is 29.3 Å². The molecule has 274 valence electrons. The number of fused-ring (bicyclic) bond motifs is 1. The van der Waals surface area contributed by atoms with Crippen LogP contribution >= 0.6 is 23.1 Å². The van der Waals surface area contributed by atoms with Gasteiger partial charge in [-0.15, -0.1) is 23.1 Å². The first-order valence-corrected chi connectivity index (χ1v) is 18.7. The monoisotopic (exact) mass is 767 g/mol. The van der Waals surface area contributed by atoms with E-state index in [0.29, 0.717) is 10.7 Å². The Bertz CT molecular complexity index is 2140. The predicted molar refractivity (Wildman–Crippen MR) is 200 cm³/mol. The quantitative estimate of drug-likeness (QED) is 0.0469. The van der Waals surface area contributed by atoms with Crippen LogP contribution in [0, 0.1) is 6.92 Å². The van der Waals surface area contributed by atoms with Gasteiger partial charge in [0, 0.05) is 35.8 Å². The van der Waals surface area contributed by atoms with Gasteiger partial charge in [0.2, 0.25) is 0 Å². The van der Waals surface area contributed by atoms with E-state index in [1.807, 2.05) is 127 Å². The van der Waals surface area contributed by atoms with Crippen molar-refractivity contribution >= 4 is 51.7 Å². The minimum Gasteiger partial charge on any atom is -0.477 e. The fourth-order valence-electron chi connectivity index (χ4n) is 6.64. The Hall–Kier alpha value is -5.93. The van der Waals surface area contributed by atoms with E-state index in [0.717, 1.165) is 38.6 Å². The molecule has 0 bridgehead atoms. The molecule has 4 heterocycles. The summed E-state index contributed by atoms with van der Waals surface area (Å²) in [6.07, 6.45) is 1.83. The topological polar surface area (TPSA) is 137 Å². The van der Waals surface area contributed by atoms with Gasteiger partial charge in [-0.1, -0.05) is 102 Å². The fourth-order valence-corrected chi connectivity index (χ4v) is 8.72. The van der Waals surface area contributed by atoms with E-state index in [2.05, 4.69) is 25.6 Å². The number of carboxylic acids is 1. The highest BCUT2D eigenvalue weighted by Crippen LogP contribution is 2.42. The summed E-state index contributed by atoms with van der Waals surface area (Å²) in [6, 6.07) is 33.6. The number of rotatable bonds is 13. The van der Waals surface area contributed by atoms with Gasteiger partial charge < -0.3 is 20.6 Å². The minimum atomic E-state index is -3.34. The molecule has 0 spiro atoms. The van der Waals surface area contributed by atoms with Crippen LogP contribution in [-0.2, 0) is 31.3 Å². The Morgan fingerprint density at radius 2 is 1.57 bits per heavy atom. The predicted octanol–water partition coefficient (Wildman–Crippen LogP) is 5.53. The third-order valence-electron chi connectivity index (χ3n) is 9.17. The van der Waals surface area contributed by atoms with Gasteiger partial charge in [-0.25, -0.2) is 9.78 Å². The molecule has 2 aromatic heterocycles. The molecule has 0 saturated carbocycles. The zero-order valence-electron chi connectivity index (χ0n) is 28.6. The summed E-state index contributed by atoms with van der Waals surface area (Å²) in [5, 5.41) is 20.8. The third kappa shape index (κ3) is 7.07. The maximum atomic E-state index is 13.8. The minimum absolute atomic E-state index is 0.0766. The number of β-lactam (4-membered cyclic amide) rings is 1. The lowest BCUT2D eigenvalue weighted by Gasteiger charge is -2.49. The van der Waals surface area contributed by atoms with E-state index >= 15 is 0 Å². The number of hydrogen-bond donors (Lipinski definition) is 3. The molecule has 7 rings (SSSR count). The molecule has 0 aliphatic carbocycles. The van der Waals surface area contributed by atoms with Crippen molar-refractivity contribution in [3.63, 3.8) is 0 Å². The number of pyridine rings is 1. The number of alkyl halides is 2. The summed E-state index contributed by atoms with van der Waals surface area (Å²) in [6.45, 7) is -1.19. The second kappa shape index (κ2) is 15.6. The third-order valence-corrected chi connectivity index (χ3v) is 11.3. The SMILES string of the molecule is Cc1cccc[n+]1CC1=C(C(=O)O)N2C(=O)C(NC(=O)C(=NOC(F)F)c3csc(NC(c4ccccc4)(c4ccccc4)c4ccccc4)n3)[C@@H]2SC1. The van der Waals surface area contributed by atoms with Crippen molar-refractivity contribution in [2.24, 2.45) is 5.16 Å². The van der Waals surface area contributed by atoms with Crippen LogP contribution in [0.2, 0.25) is 0 Å². The van der Waals surface area contributed by atoms with Crippen molar-refractivity contribution in [3.8, 4) is 0 Å². The smallest absolute Gasteiger partial charge is 0.407 e. The molecule has 2 amide bonds. The number of benzene rings is 3. The Morgan fingerprint density at radius 3 is 2.13 bits per heavy atom. The molecule has 1 saturated heterocycles. The van der Waals surface area contributed by atoms with Crippen LogP contribution < -0.4 is 15.2 Å². The van der Waals surface area contributed by atoms with E-state index in [1.54, 1.807) is 0 Å². The number of carboxylic acid groups (broad SMARTS) is 1. The van der Waals surface area contributed by atoms with E-state index in [1.165, 1.54) is 17.1 Å². The van der Waals surface area contributed by atoms with Gasteiger partial charge in [-0.2, -0.15) is 13.3 Å². The Kier molecular flexibility index (Phi) is 10.5. The van der Waals surface area contributed by atoms with Gasteiger partial charge >= 0.3 is 12.6 Å². The maximum absolute atomic E-state index is 13.8. The van der Waals surface area contributed by atoms with Crippen LogP contribution in [-0.4, -0.2) is 62.3 Å². The number of thiazole rings is 1. The van der Waals surface area contributed by atoms with Gasteiger partial charge in [0.05, 0.1) is 0 Å². The van der Waals surface area contributed by atoms with E-state index in [9.17, 15) is 28.3 Å². The summed E-state index contributed by atoms with van der Waals surface area (Å²) in [4.78, 5) is 49.7. The van der Waals surface area contributed by atoms with Crippen LogP contribution in [0.25, 0.3) is 0 Å². The van der Waals surface area contributed by atoms with Gasteiger partial charge in [-0.05, 0) is 16.7 Å². The standard InChI is InChI=1S/C39H32F2N6O5S2/c1-24-13-11-12-20-46(24)21-25-22-53-35-31(34(49)47(35)32(25)36(50)51)43-33(48)30(45-52-37(40)41)29-23-54-38(42-29)44-39(26-14-5-2-6-15-26,27-16-7-3-8-17-27)28-18-9-4-10-19-28/h2-20,23,31,35,37H,21-22H2,1H3,(H2-,42,43,44,48,50,51)/p+1/t31?,35-/m0/s1. The molecule has 11 nitrogen and oxygen atoms in total. The molecule has 2 atom stereocenters. The molecule has 3 N–H and O–H groups in total. The summed E-state index contributed by atoms with van der Waals surface area (Å²) in [5.74, 6) is -2.63. The normalized spacial score (nSPS) is 17.1. The fraction of sp³-hybridized carbons (Fsp3) is 0.179. The average molecular weight is 768 g/mol. The lowest BCUT2D eigenvalue weighted by molar-refractivity contribution is -0.695. The van der Waals surface area contributed by atoms with Crippen LogP contribution in [0.4, 0.5) is 13.9 Å². The largest absolute Gasteiger partial charge is 0.477 e. The van der Waals surface area contributed by atoms with Crippen molar-refractivity contribution in [1.29, 1.82) is 0 Å². The average Bonchev–Trinajstić information content (AvgIpc) is 3.65. The van der Waals surface area contributed by atoms with Crippen molar-refractivity contribution in [2.45, 2.75) is 37.0 Å². The number of hydrogen-bond acceptors (Lipinski definition) is 9. The van der Waals surface area contributed by atoms with E-state index < -0.39 is 47.1 Å². The van der Waals surface area contributed by atoms with Crippen LogP contribution in [0.1, 0.15) is 28.1 Å². The van der Waals surface area contributed by atoms with Crippen LogP contribution in [0.15, 0.2) is 137 Å². The van der Waals surface area contributed by atoms with Crippen molar-refractivity contribution < 1.29 is 37.7 Å². The number of thioether (sulfide) groups is 1. The van der Waals surface area contributed by atoms with Crippen LogP contribution in [0.5, 0.6) is 0 Å². The maximum Gasteiger partial charge on any atom is 0.407 e. The van der Waals surface area contributed by atoms with Gasteiger partial charge in [-0.3, -0.25) is 14.5 Å². The Balaban J connectivity index is 1.17. The number of aromatic nitrogens is 2. The lowest BCUT2D eigenvalue weighted by Crippen LogP contribution is -2.71. The second-order valence-corrected chi connectivity index (χ2v) is 14.4. The molecule has 0 radical (unpaired) electrons. The number of carbonyl (C=O) groups is 3. The number of aliphatic carboxylic acids is 1. The first-order chi connectivity index (χ1) is 26.2. The number of halogens is 2.